The number of nitrogens with zero attached hydrogens (tertiary/aromatic N) is 3. The number of aromatic nitrogens is 3. The quantitative estimate of drug-likeness (QED) is 0.727. The number of hydrogen-bond acceptors (Lipinski definition) is 2. The lowest BCUT2D eigenvalue weighted by Crippen LogP contribution is -2.24. The molecule has 3 nitrogen and oxygen atoms in total. The summed E-state index contributed by atoms with van der Waals surface area (Å²) in [6.07, 6.45) is 7.43. The first kappa shape index (κ1) is 10.3. The number of halogens is 1. The van der Waals surface area contributed by atoms with Crippen LogP contribution in [0.1, 0.15) is 13.3 Å². The lowest BCUT2D eigenvalue weighted by atomic mass is 10.0. The van der Waals surface area contributed by atoms with Gasteiger partial charge in [-0.05, 0) is 35.6 Å². The van der Waals surface area contributed by atoms with Crippen molar-refractivity contribution >= 4 is 23.3 Å². The van der Waals surface area contributed by atoms with Crippen molar-refractivity contribution in [3.63, 3.8) is 0 Å². The summed E-state index contributed by atoms with van der Waals surface area (Å²) in [7, 11) is 0. The molecule has 0 unspecified atom stereocenters. The first-order chi connectivity index (χ1) is 8.74. The molecule has 0 saturated heterocycles. The van der Waals surface area contributed by atoms with Gasteiger partial charge in [0.15, 0.2) is 0 Å². The average molecular weight is 258 g/mol. The Morgan fingerprint density at radius 2 is 2.33 bits per heavy atom. The fraction of sp³-hybridized carbons (Fsp3) is 0.286. The predicted octanol–water partition coefficient (Wildman–Crippen LogP) is 1.58. The van der Waals surface area contributed by atoms with Gasteiger partial charge in [-0.2, -0.15) is 0 Å². The van der Waals surface area contributed by atoms with Crippen molar-refractivity contribution in [3.05, 3.63) is 34.3 Å². The van der Waals surface area contributed by atoms with Crippen LogP contribution in [0.2, 0.25) is 5.28 Å². The normalized spacial score (nSPS) is 20.1. The van der Waals surface area contributed by atoms with Gasteiger partial charge in [0, 0.05) is 35.1 Å². The third kappa shape index (κ3) is 1.25. The van der Waals surface area contributed by atoms with Crippen LogP contribution in [0.3, 0.4) is 0 Å². The number of rotatable bonds is 1. The van der Waals surface area contributed by atoms with E-state index in [0.717, 1.165) is 12.2 Å². The highest BCUT2D eigenvalue weighted by Crippen LogP contribution is 2.26. The molecule has 18 heavy (non-hydrogen) atoms. The van der Waals surface area contributed by atoms with E-state index in [-0.39, 0.29) is 0 Å². The fourth-order valence-corrected chi connectivity index (χ4v) is 3.26. The smallest absolute Gasteiger partial charge is 0.222 e. The van der Waals surface area contributed by atoms with Crippen LogP contribution in [0.25, 0.3) is 22.9 Å². The van der Waals surface area contributed by atoms with Crippen LogP contribution in [-0.4, -0.2) is 14.5 Å². The molecule has 90 valence electrons. The lowest BCUT2D eigenvalue weighted by Gasteiger charge is -2.00. The Bertz CT molecular complexity index is 773. The molecule has 4 heteroatoms. The minimum atomic E-state index is 0.307. The molecule has 0 aromatic carbocycles. The van der Waals surface area contributed by atoms with Gasteiger partial charge in [-0.25, -0.2) is 9.97 Å². The first-order valence-electron chi connectivity index (χ1n) is 6.17. The summed E-state index contributed by atoms with van der Waals surface area (Å²) < 4.78 is 2.34. The summed E-state index contributed by atoms with van der Waals surface area (Å²) >= 11 is 5.88. The average Bonchev–Trinajstić information content (AvgIpc) is 2.97. The zero-order valence-corrected chi connectivity index (χ0v) is 10.8. The summed E-state index contributed by atoms with van der Waals surface area (Å²) in [6.45, 7) is 3.36. The highest BCUT2D eigenvalue weighted by atomic mass is 35.5. The predicted molar refractivity (Wildman–Crippen MR) is 71.4 cm³/mol. The van der Waals surface area contributed by atoms with Gasteiger partial charge in [-0.1, -0.05) is 13.0 Å². The fourth-order valence-electron chi connectivity index (χ4n) is 3.12. The highest BCUT2D eigenvalue weighted by molar-refractivity contribution is 6.28. The maximum atomic E-state index is 5.88. The second-order valence-electron chi connectivity index (χ2n) is 4.94. The Morgan fingerprint density at radius 3 is 3.17 bits per heavy atom. The van der Waals surface area contributed by atoms with E-state index in [1.54, 1.807) is 11.8 Å². The molecule has 2 aliphatic rings. The molecular formula is C14H12ClN3. The van der Waals surface area contributed by atoms with E-state index < -0.39 is 0 Å². The second kappa shape index (κ2) is 3.45. The molecule has 0 N–H and O–H groups in total. The monoisotopic (exact) mass is 257 g/mol. The van der Waals surface area contributed by atoms with Crippen LogP contribution in [-0.2, 0) is 6.54 Å². The van der Waals surface area contributed by atoms with Crippen molar-refractivity contribution in [2.45, 2.75) is 19.9 Å². The van der Waals surface area contributed by atoms with Crippen molar-refractivity contribution in [1.82, 2.24) is 14.5 Å². The molecule has 0 saturated carbocycles. The van der Waals surface area contributed by atoms with Gasteiger partial charge in [-0.15, -0.1) is 0 Å². The van der Waals surface area contributed by atoms with Crippen molar-refractivity contribution in [1.29, 1.82) is 0 Å². The largest absolute Gasteiger partial charge is 0.346 e. The summed E-state index contributed by atoms with van der Waals surface area (Å²) in [5.74, 6) is 0.556. The van der Waals surface area contributed by atoms with Crippen LogP contribution in [0.5, 0.6) is 0 Å². The molecule has 4 rings (SSSR count). The molecule has 0 radical (unpaired) electrons. The van der Waals surface area contributed by atoms with Gasteiger partial charge in [0.1, 0.15) is 0 Å². The number of aryl methyl sites for hydroxylation is 1. The van der Waals surface area contributed by atoms with Gasteiger partial charge in [-0.3, -0.25) is 0 Å². The minimum absolute atomic E-state index is 0.307. The molecule has 2 aromatic heterocycles. The molecular weight excluding hydrogens is 246 g/mol. The summed E-state index contributed by atoms with van der Waals surface area (Å²) in [4.78, 5) is 8.26. The molecule has 3 heterocycles. The van der Waals surface area contributed by atoms with Crippen LogP contribution in [0.15, 0.2) is 18.5 Å². The second-order valence-corrected chi connectivity index (χ2v) is 5.28. The molecule has 1 aliphatic heterocycles. The zero-order valence-electron chi connectivity index (χ0n) is 10.0. The Morgan fingerprint density at radius 1 is 1.44 bits per heavy atom. The SMILES string of the molecule is C[C@@H]1C=c2c(-c3ccnc(Cl)n3)cn3c2=C1CC3. The summed E-state index contributed by atoms with van der Waals surface area (Å²) in [5.41, 5.74) is 3.66. The van der Waals surface area contributed by atoms with Crippen LogP contribution < -0.4 is 10.6 Å². The van der Waals surface area contributed by atoms with Gasteiger partial charge in [0.2, 0.25) is 5.28 Å². The Balaban J connectivity index is 2.04. The highest BCUT2D eigenvalue weighted by Gasteiger charge is 2.24. The molecule has 0 bridgehead atoms. The van der Waals surface area contributed by atoms with Crippen LogP contribution in [0.4, 0.5) is 0 Å². The van der Waals surface area contributed by atoms with Crippen molar-refractivity contribution in [3.8, 4) is 11.3 Å². The molecule has 0 fully saturated rings. The lowest BCUT2D eigenvalue weighted by molar-refractivity contribution is 0.737. The third-order valence-electron chi connectivity index (χ3n) is 3.91. The molecule has 1 atom stereocenters. The van der Waals surface area contributed by atoms with Gasteiger partial charge in [0.25, 0.3) is 0 Å². The minimum Gasteiger partial charge on any atom is -0.346 e. The third-order valence-corrected chi connectivity index (χ3v) is 4.09. The van der Waals surface area contributed by atoms with Crippen LogP contribution in [0, 0.1) is 5.92 Å². The Kier molecular flexibility index (Phi) is 1.98. The maximum Gasteiger partial charge on any atom is 0.222 e. The van der Waals surface area contributed by atoms with Crippen molar-refractivity contribution in [2.24, 2.45) is 5.92 Å². The maximum absolute atomic E-state index is 5.88. The van der Waals surface area contributed by atoms with E-state index in [4.69, 9.17) is 11.6 Å². The van der Waals surface area contributed by atoms with E-state index in [1.807, 2.05) is 6.07 Å². The topological polar surface area (TPSA) is 30.7 Å². The Labute approximate surface area is 109 Å². The van der Waals surface area contributed by atoms with E-state index in [0.29, 0.717) is 11.2 Å². The number of hydrogen-bond donors (Lipinski definition) is 0. The van der Waals surface area contributed by atoms with E-state index >= 15 is 0 Å². The van der Waals surface area contributed by atoms with Crippen molar-refractivity contribution in [2.75, 3.05) is 0 Å². The molecule has 2 aromatic rings. The van der Waals surface area contributed by atoms with Crippen molar-refractivity contribution < 1.29 is 0 Å². The van der Waals surface area contributed by atoms with Crippen LogP contribution >= 0.6 is 11.6 Å². The zero-order chi connectivity index (χ0) is 12.3. The summed E-state index contributed by atoms with van der Waals surface area (Å²) in [5, 5.41) is 3.04. The van der Waals surface area contributed by atoms with E-state index in [1.165, 1.54) is 22.6 Å². The first-order valence-corrected chi connectivity index (χ1v) is 6.55. The Hall–Kier alpha value is -1.61. The molecule has 1 aliphatic carbocycles. The van der Waals surface area contributed by atoms with E-state index in [9.17, 15) is 0 Å². The standard InChI is InChI=1S/C14H12ClN3/c1-8-6-10-11(12-2-4-16-14(15)17-12)7-18-5-3-9(8)13(10)18/h2,4,6-8H,3,5H2,1H3/t8-/m1/s1. The van der Waals surface area contributed by atoms with E-state index in [2.05, 4.69) is 33.7 Å². The van der Waals surface area contributed by atoms with Gasteiger partial charge in [0.05, 0.1) is 5.69 Å². The van der Waals surface area contributed by atoms with Gasteiger partial charge >= 0.3 is 0 Å². The molecule has 0 amide bonds. The summed E-state index contributed by atoms with van der Waals surface area (Å²) in [6, 6.07) is 1.92. The van der Waals surface area contributed by atoms with Gasteiger partial charge < -0.3 is 4.57 Å². The molecule has 0 spiro atoms.